The molecule has 1 aromatic carbocycles. The molecule has 0 fully saturated rings. The minimum Gasteiger partial charge on any atom is -0.497 e. The molecule has 0 N–H and O–H groups in total. The van der Waals surface area contributed by atoms with Gasteiger partial charge in [-0.3, -0.25) is 0 Å². The summed E-state index contributed by atoms with van der Waals surface area (Å²) in [6.07, 6.45) is 4.43. The van der Waals surface area contributed by atoms with Gasteiger partial charge in [0, 0.05) is 9.64 Å². The predicted octanol–water partition coefficient (Wildman–Crippen LogP) is 3.59. The van der Waals surface area contributed by atoms with Gasteiger partial charge in [-0.15, -0.1) is 11.8 Å². The number of rotatable bonds is 1. The Hall–Kier alpha value is -0.890. The van der Waals surface area contributed by atoms with Crippen LogP contribution in [0.2, 0.25) is 0 Å². The molecule has 2 heteroatoms. The molecule has 0 radical (unpaired) electrons. The summed E-state index contributed by atoms with van der Waals surface area (Å²) in [5, 5.41) is 0. The minimum absolute atomic E-state index is 0.194. The molecule has 14 heavy (non-hydrogen) atoms. The van der Waals surface area contributed by atoms with Crippen molar-refractivity contribution >= 4 is 17.8 Å². The molecule has 0 unspecified atom stereocenters. The Balaban J connectivity index is 2.42. The molecule has 0 aliphatic carbocycles. The first kappa shape index (κ1) is 9.66. The number of fused-ring (bicyclic) bond motifs is 1. The van der Waals surface area contributed by atoms with E-state index in [1.54, 1.807) is 7.11 Å². The molecule has 1 nitrogen and oxygen atoms in total. The third-order valence-corrected chi connectivity index (χ3v) is 3.49. The van der Waals surface area contributed by atoms with Crippen LogP contribution in [-0.4, -0.2) is 11.9 Å². The predicted molar refractivity (Wildman–Crippen MR) is 62.0 cm³/mol. The lowest BCUT2D eigenvalue weighted by molar-refractivity contribution is 0.413. The molecule has 0 saturated heterocycles. The van der Waals surface area contributed by atoms with Crippen LogP contribution < -0.4 is 4.74 Å². The zero-order valence-corrected chi connectivity index (χ0v) is 9.52. The molecule has 0 atom stereocenters. The minimum atomic E-state index is 0.194. The second-order valence-electron chi connectivity index (χ2n) is 3.94. The second kappa shape index (κ2) is 3.35. The van der Waals surface area contributed by atoms with Gasteiger partial charge < -0.3 is 4.74 Å². The molecular formula is C12H14OS. The Kier molecular flexibility index (Phi) is 2.31. The smallest absolute Gasteiger partial charge is 0.120 e. The maximum Gasteiger partial charge on any atom is 0.120 e. The highest BCUT2D eigenvalue weighted by atomic mass is 32.2. The largest absolute Gasteiger partial charge is 0.497 e. The van der Waals surface area contributed by atoms with Gasteiger partial charge >= 0.3 is 0 Å². The Morgan fingerprint density at radius 2 is 2.07 bits per heavy atom. The van der Waals surface area contributed by atoms with Crippen LogP contribution in [0.3, 0.4) is 0 Å². The lowest BCUT2D eigenvalue weighted by atomic mass is 10.1. The normalized spacial score (nSPS) is 17.6. The van der Waals surface area contributed by atoms with Gasteiger partial charge in [-0.1, -0.05) is 18.2 Å². The van der Waals surface area contributed by atoms with Gasteiger partial charge in [0.1, 0.15) is 5.75 Å². The fourth-order valence-electron chi connectivity index (χ4n) is 1.48. The molecule has 0 amide bonds. The van der Waals surface area contributed by atoms with Crippen molar-refractivity contribution in [2.45, 2.75) is 23.5 Å². The van der Waals surface area contributed by atoms with Crippen molar-refractivity contribution in [3.63, 3.8) is 0 Å². The van der Waals surface area contributed by atoms with E-state index in [4.69, 9.17) is 4.74 Å². The van der Waals surface area contributed by atoms with Crippen LogP contribution in [0.25, 0.3) is 6.08 Å². The van der Waals surface area contributed by atoms with Crippen LogP contribution in [0, 0.1) is 0 Å². The SMILES string of the molecule is COc1ccc2c(c1)SC(C)(C)C=C2. The van der Waals surface area contributed by atoms with E-state index in [2.05, 4.69) is 38.1 Å². The van der Waals surface area contributed by atoms with Crippen molar-refractivity contribution in [2.75, 3.05) is 7.11 Å². The van der Waals surface area contributed by atoms with Crippen molar-refractivity contribution < 1.29 is 4.74 Å². The van der Waals surface area contributed by atoms with Crippen LogP contribution in [-0.2, 0) is 0 Å². The van der Waals surface area contributed by atoms with Crippen molar-refractivity contribution in [3.05, 3.63) is 29.8 Å². The summed E-state index contributed by atoms with van der Waals surface area (Å²) in [6, 6.07) is 6.21. The Bertz CT molecular complexity index is 380. The maximum absolute atomic E-state index is 5.21. The van der Waals surface area contributed by atoms with Crippen LogP contribution in [0.1, 0.15) is 19.4 Å². The van der Waals surface area contributed by atoms with Gasteiger partial charge in [0.2, 0.25) is 0 Å². The average molecular weight is 206 g/mol. The first-order chi connectivity index (χ1) is 6.61. The topological polar surface area (TPSA) is 9.23 Å². The van der Waals surface area contributed by atoms with Gasteiger partial charge in [0.05, 0.1) is 7.11 Å². The van der Waals surface area contributed by atoms with Crippen LogP contribution in [0.4, 0.5) is 0 Å². The quantitative estimate of drug-likeness (QED) is 0.694. The third kappa shape index (κ3) is 1.80. The van der Waals surface area contributed by atoms with Crippen molar-refractivity contribution in [1.29, 1.82) is 0 Å². The van der Waals surface area contributed by atoms with Crippen molar-refractivity contribution in [1.82, 2.24) is 0 Å². The lowest BCUT2D eigenvalue weighted by Gasteiger charge is -2.25. The highest BCUT2D eigenvalue weighted by Gasteiger charge is 2.21. The van der Waals surface area contributed by atoms with E-state index in [-0.39, 0.29) is 4.75 Å². The monoisotopic (exact) mass is 206 g/mol. The first-order valence-corrected chi connectivity index (χ1v) is 5.49. The summed E-state index contributed by atoms with van der Waals surface area (Å²) < 4.78 is 5.40. The zero-order valence-electron chi connectivity index (χ0n) is 8.70. The summed E-state index contributed by atoms with van der Waals surface area (Å²) in [6.45, 7) is 4.44. The van der Waals surface area contributed by atoms with Crippen LogP contribution >= 0.6 is 11.8 Å². The standard InChI is InChI=1S/C12H14OS/c1-12(2)7-6-9-4-5-10(13-3)8-11(9)14-12/h4-8H,1-3H3. The highest BCUT2D eigenvalue weighted by molar-refractivity contribution is 8.01. The van der Waals surface area contributed by atoms with Gasteiger partial charge in [-0.2, -0.15) is 0 Å². The molecule has 2 rings (SSSR count). The molecule has 1 heterocycles. The third-order valence-electron chi connectivity index (χ3n) is 2.26. The number of ether oxygens (including phenoxy) is 1. The van der Waals surface area contributed by atoms with Crippen molar-refractivity contribution in [3.8, 4) is 5.75 Å². The summed E-state index contributed by atoms with van der Waals surface area (Å²) in [5.41, 5.74) is 1.29. The highest BCUT2D eigenvalue weighted by Crippen LogP contribution is 2.41. The summed E-state index contributed by atoms with van der Waals surface area (Å²) >= 11 is 1.88. The fraction of sp³-hybridized carbons (Fsp3) is 0.333. The number of hydrogen-bond donors (Lipinski definition) is 0. The molecule has 74 valence electrons. The van der Waals surface area contributed by atoms with E-state index >= 15 is 0 Å². The zero-order chi connectivity index (χ0) is 10.2. The number of hydrogen-bond acceptors (Lipinski definition) is 2. The van der Waals surface area contributed by atoms with Gasteiger partial charge in [0.25, 0.3) is 0 Å². The summed E-state index contributed by atoms with van der Waals surface area (Å²) in [4.78, 5) is 1.30. The number of thioether (sulfide) groups is 1. The first-order valence-electron chi connectivity index (χ1n) is 4.67. The molecule has 1 aromatic rings. The summed E-state index contributed by atoms with van der Waals surface area (Å²) in [5.74, 6) is 0.933. The number of benzene rings is 1. The molecular weight excluding hydrogens is 192 g/mol. The molecule has 1 aliphatic heterocycles. The summed E-state index contributed by atoms with van der Waals surface area (Å²) in [7, 11) is 1.70. The molecule has 1 aliphatic rings. The van der Waals surface area contributed by atoms with Gasteiger partial charge in [-0.25, -0.2) is 0 Å². The lowest BCUT2D eigenvalue weighted by Crippen LogP contribution is -2.12. The Labute approximate surface area is 89.2 Å². The van der Waals surface area contributed by atoms with Crippen molar-refractivity contribution in [2.24, 2.45) is 0 Å². The maximum atomic E-state index is 5.21. The average Bonchev–Trinajstić information content (AvgIpc) is 2.15. The van der Waals surface area contributed by atoms with E-state index < -0.39 is 0 Å². The van der Waals surface area contributed by atoms with Crippen LogP contribution in [0.5, 0.6) is 5.75 Å². The van der Waals surface area contributed by atoms with Gasteiger partial charge in [-0.05, 0) is 31.5 Å². The van der Waals surface area contributed by atoms with E-state index in [9.17, 15) is 0 Å². The van der Waals surface area contributed by atoms with E-state index in [1.807, 2.05) is 17.8 Å². The fourth-order valence-corrected chi connectivity index (χ4v) is 2.61. The molecule has 0 bridgehead atoms. The van der Waals surface area contributed by atoms with E-state index in [0.29, 0.717) is 0 Å². The van der Waals surface area contributed by atoms with Gasteiger partial charge in [0.15, 0.2) is 0 Å². The second-order valence-corrected chi connectivity index (χ2v) is 5.64. The Morgan fingerprint density at radius 3 is 2.79 bits per heavy atom. The van der Waals surface area contributed by atoms with Crippen LogP contribution in [0.15, 0.2) is 29.2 Å². The number of methoxy groups -OCH3 is 1. The molecule has 0 spiro atoms. The van der Waals surface area contributed by atoms with E-state index in [1.165, 1.54) is 10.5 Å². The van der Waals surface area contributed by atoms with E-state index in [0.717, 1.165) is 5.75 Å². The molecule has 0 aromatic heterocycles. The molecule has 0 saturated carbocycles. The Morgan fingerprint density at radius 1 is 1.29 bits per heavy atom.